The summed E-state index contributed by atoms with van der Waals surface area (Å²) in [7, 11) is 1.07. The second-order valence-electron chi connectivity index (χ2n) is 4.54. The number of aromatic nitrogens is 1. The Kier molecular flexibility index (Phi) is 5.08. The van der Waals surface area contributed by atoms with Gasteiger partial charge >= 0.3 is 18.1 Å². The molecule has 0 saturated heterocycles. The average Bonchev–Trinajstić information content (AvgIpc) is 2.53. The number of carbonyl (C=O) groups is 2. The summed E-state index contributed by atoms with van der Waals surface area (Å²) in [5, 5.41) is 1.92. The fourth-order valence-electron chi connectivity index (χ4n) is 1.87. The minimum atomic E-state index is -5.11. The topological polar surface area (TPSA) is 68.3 Å². The number of hydrogen-bond donors (Lipinski definition) is 1. The van der Waals surface area contributed by atoms with E-state index in [0.29, 0.717) is 5.56 Å². The van der Waals surface area contributed by atoms with Crippen molar-refractivity contribution in [2.75, 3.05) is 12.4 Å². The van der Waals surface area contributed by atoms with Gasteiger partial charge in [0, 0.05) is 11.8 Å². The molecule has 126 valence electrons. The molecule has 9 heteroatoms. The normalized spacial score (nSPS) is 11.0. The van der Waals surface area contributed by atoms with E-state index in [1.54, 1.807) is 17.4 Å². The van der Waals surface area contributed by atoms with Gasteiger partial charge in [-0.3, -0.25) is 9.78 Å². The Balaban J connectivity index is 2.52. The molecule has 1 amide bonds. The van der Waals surface area contributed by atoms with Crippen LogP contribution in [0.1, 0.15) is 10.4 Å². The lowest BCUT2D eigenvalue weighted by molar-refractivity contribution is -0.167. The molecule has 1 aromatic carbocycles. The number of nitrogens with zero attached hydrogens (tertiary/aromatic N) is 1. The number of alkyl halides is 3. The highest BCUT2D eigenvalue weighted by atomic mass is 35.5. The van der Waals surface area contributed by atoms with Crippen LogP contribution in [0, 0.1) is 0 Å². The minimum absolute atomic E-state index is 0.231. The molecule has 0 bridgehead atoms. The zero-order valence-electron chi connectivity index (χ0n) is 12.1. The zero-order valence-corrected chi connectivity index (χ0v) is 12.9. The summed E-state index contributed by atoms with van der Waals surface area (Å²) in [6.45, 7) is 0. The lowest BCUT2D eigenvalue weighted by Gasteiger charge is -2.13. The molecule has 0 fully saturated rings. The Morgan fingerprint density at radius 2 is 1.96 bits per heavy atom. The van der Waals surface area contributed by atoms with Crippen LogP contribution in [-0.2, 0) is 9.53 Å². The van der Waals surface area contributed by atoms with Gasteiger partial charge in [-0.1, -0.05) is 17.7 Å². The largest absolute Gasteiger partial charge is 0.471 e. The predicted molar refractivity (Wildman–Crippen MR) is 80.7 cm³/mol. The molecule has 0 saturated carbocycles. The van der Waals surface area contributed by atoms with Crippen molar-refractivity contribution in [3.05, 3.63) is 47.1 Å². The number of halogens is 4. The zero-order chi connectivity index (χ0) is 17.9. The maximum atomic E-state index is 12.5. The van der Waals surface area contributed by atoms with Gasteiger partial charge in [-0.2, -0.15) is 13.2 Å². The van der Waals surface area contributed by atoms with Crippen LogP contribution in [0.2, 0.25) is 5.02 Å². The lowest BCUT2D eigenvalue weighted by atomic mass is 10.1. The second kappa shape index (κ2) is 6.88. The predicted octanol–water partition coefficient (Wildman–Crippen LogP) is 3.69. The number of methoxy groups -OCH3 is 1. The maximum absolute atomic E-state index is 12.5. The summed E-state index contributed by atoms with van der Waals surface area (Å²) < 4.78 is 41.9. The number of esters is 1. The van der Waals surface area contributed by atoms with Crippen LogP contribution in [0.3, 0.4) is 0 Å². The molecule has 5 nitrogen and oxygen atoms in total. The van der Waals surface area contributed by atoms with Gasteiger partial charge in [0.25, 0.3) is 0 Å². The maximum Gasteiger partial charge on any atom is 0.471 e. The highest BCUT2D eigenvalue weighted by Gasteiger charge is 2.39. The molecule has 0 spiro atoms. The smallest absolute Gasteiger partial charge is 0.465 e. The van der Waals surface area contributed by atoms with Crippen molar-refractivity contribution in [3.8, 4) is 11.3 Å². The van der Waals surface area contributed by atoms with E-state index in [1.165, 1.54) is 24.4 Å². The van der Waals surface area contributed by atoms with Crippen LogP contribution in [0.15, 0.2) is 36.5 Å². The van der Waals surface area contributed by atoms with Crippen molar-refractivity contribution < 1.29 is 27.5 Å². The first-order valence-electron chi connectivity index (χ1n) is 6.45. The summed E-state index contributed by atoms with van der Waals surface area (Å²) in [5.74, 6) is -3.11. The summed E-state index contributed by atoms with van der Waals surface area (Å²) in [6, 6.07) is 6.96. The van der Waals surface area contributed by atoms with Gasteiger partial charge in [0.05, 0.1) is 29.1 Å². The van der Waals surface area contributed by atoms with Crippen LogP contribution >= 0.6 is 11.6 Å². The van der Waals surface area contributed by atoms with E-state index >= 15 is 0 Å². The second-order valence-corrected chi connectivity index (χ2v) is 4.94. The number of benzene rings is 1. The number of rotatable bonds is 3. The highest BCUT2D eigenvalue weighted by molar-refractivity contribution is 6.33. The Morgan fingerprint density at radius 1 is 1.25 bits per heavy atom. The number of pyridine rings is 1. The average molecular weight is 359 g/mol. The van der Waals surface area contributed by atoms with E-state index in [9.17, 15) is 22.8 Å². The fourth-order valence-corrected chi connectivity index (χ4v) is 2.10. The number of carbonyl (C=O) groups excluding carboxylic acids is 2. The third-order valence-corrected chi connectivity index (χ3v) is 3.27. The molecule has 24 heavy (non-hydrogen) atoms. The van der Waals surface area contributed by atoms with Crippen molar-refractivity contribution in [1.29, 1.82) is 0 Å². The van der Waals surface area contributed by atoms with E-state index in [1.807, 2.05) is 0 Å². The number of ether oxygens (including phenoxy) is 1. The van der Waals surface area contributed by atoms with Gasteiger partial charge in [-0.25, -0.2) is 4.79 Å². The van der Waals surface area contributed by atoms with Crippen molar-refractivity contribution in [2.45, 2.75) is 6.18 Å². The molecular weight excluding hydrogens is 349 g/mol. The van der Waals surface area contributed by atoms with E-state index in [0.717, 1.165) is 7.11 Å². The van der Waals surface area contributed by atoms with Crippen LogP contribution in [0.5, 0.6) is 0 Å². The standard InChI is InChI=1S/C15H10ClF3N2O3/c1-24-13(22)9-5-4-8(12-10(16)3-2-6-20-12)7-11(9)21-14(23)15(17,18)19/h2-7H,1H3,(H,21,23). The molecule has 0 unspecified atom stereocenters. The minimum Gasteiger partial charge on any atom is -0.465 e. The Bertz CT molecular complexity index is 794. The Hall–Kier alpha value is -2.61. The SMILES string of the molecule is COC(=O)c1ccc(-c2ncccc2Cl)cc1NC(=O)C(F)(F)F. The van der Waals surface area contributed by atoms with Gasteiger partial charge in [-0.05, 0) is 24.3 Å². The van der Waals surface area contributed by atoms with Crippen LogP contribution in [-0.4, -0.2) is 30.1 Å². The molecule has 0 atom stereocenters. The third-order valence-electron chi connectivity index (χ3n) is 2.96. The van der Waals surface area contributed by atoms with E-state index < -0.39 is 18.1 Å². The summed E-state index contributed by atoms with van der Waals surface area (Å²) in [6.07, 6.45) is -3.66. The van der Waals surface area contributed by atoms with E-state index in [-0.39, 0.29) is 22.0 Å². The third kappa shape index (κ3) is 3.83. The van der Waals surface area contributed by atoms with Crippen molar-refractivity contribution >= 4 is 29.2 Å². The molecule has 0 radical (unpaired) electrons. The molecule has 2 aromatic rings. The van der Waals surface area contributed by atoms with E-state index in [4.69, 9.17) is 11.6 Å². The van der Waals surface area contributed by atoms with Gasteiger partial charge in [0.15, 0.2) is 0 Å². The summed E-state index contributed by atoms with van der Waals surface area (Å²) >= 11 is 6.00. The van der Waals surface area contributed by atoms with Gasteiger partial charge in [0.1, 0.15) is 0 Å². The monoisotopic (exact) mass is 358 g/mol. The molecule has 0 aliphatic heterocycles. The van der Waals surface area contributed by atoms with Crippen LogP contribution in [0.25, 0.3) is 11.3 Å². The molecular formula is C15H10ClF3N2O3. The number of amides is 1. The highest BCUT2D eigenvalue weighted by Crippen LogP contribution is 2.30. The van der Waals surface area contributed by atoms with E-state index in [2.05, 4.69) is 9.72 Å². The van der Waals surface area contributed by atoms with Crippen molar-refractivity contribution in [1.82, 2.24) is 4.98 Å². The first kappa shape index (κ1) is 17.7. The number of anilines is 1. The Morgan fingerprint density at radius 3 is 2.54 bits per heavy atom. The molecule has 1 aromatic heterocycles. The van der Waals surface area contributed by atoms with Gasteiger partial charge in [-0.15, -0.1) is 0 Å². The first-order chi connectivity index (χ1) is 11.2. The summed E-state index contributed by atoms with van der Waals surface area (Å²) in [5.41, 5.74) is 0.0260. The van der Waals surface area contributed by atoms with Gasteiger partial charge in [0.2, 0.25) is 0 Å². The van der Waals surface area contributed by atoms with Crippen LogP contribution < -0.4 is 5.32 Å². The van der Waals surface area contributed by atoms with Crippen LogP contribution in [0.4, 0.5) is 18.9 Å². The first-order valence-corrected chi connectivity index (χ1v) is 6.83. The molecule has 0 aliphatic rings. The van der Waals surface area contributed by atoms with Gasteiger partial charge < -0.3 is 10.1 Å². The lowest BCUT2D eigenvalue weighted by Crippen LogP contribution is -2.30. The number of nitrogens with one attached hydrogen (secondary N) is 1. The van der Waals surface area contributed by atoms with Crippen molar-refractivity contribution in [3.63, 3.8) is 0 Å². The Labute approximate surface area is 139 Å². The molecule has 1 heterocycles. The van der Waals surface area contributed by atoms with Crippen molar-refractivity contribution in [2.24, 2.45) is 0 Å². The number of hydrogen-bond acceptors (Lipinski definition) is 4. The quantitative estimate of drug-likeness (QED) is 0.850. The summed E-state index contributed by atoms with van der Waals surface area (Å²) in [4.78, 5) is 26.9. The molecule has 2 rings (SSSR count). The molecule has 1 N–H and O–H groups in total. The fraction of sp³-hybridized carbons (Fsp3) is 0.133. The molecule has 0 aliphatic carbocycles.